The van der Waals surface area contributed by atoms with Crippen LogP contribution in [0.2, 0.25) is 0 Å². The van der Waals surface area contributed by atoms with E-state index in [9.17, 15) is 9.59 Å². The third kappa shape index (κ3) is 1.68. The standard InChI is InChI=1S/C15H13NO3/c1-15(2)11-7-9(3-5-12(11)16-14(15)18)13-6-4-10(8-17)19-13/h3-8H,1-2H3,(H,16,18). The summed E-state index contributed by atoms with van der Waals surface area (Å²) < 4.78 is 5.40. The predicted molar refractivity (Wildman–Crippen MR) is 71.2 cm³/mol. The van der Waals surface area contributed by atoms with Gasteiger partial charge in [-0.2, -0.15) is 0 Å². The number of aldehydes is 1. The number of hydrogen-bond donors (Lipinski definition) is 1. The molecule has 0 bridgehead atoms. The van der Waals surface area contributed by atoms with Gasteiger partial charge in [-0.3, -0.25) is 9.59 Å². The van der Waals surface area contributed by atoms with E-state index in [0.29, 0.717) is 17.8 Å². The fourth-order valence-electron chi connectivity index (χ4n) is 2.30. The minimum atomic E-state index is -0.550. The molecule has 0 saturated heterocycles. The zero-order chi connectivity index (χ0) is 13.6. The topological polar surface area (TPSA) is 59.3 Å². The van der Waals surface area contributed by atoms with Gasteiger partial charge in [-0.25, -0.2) is 0 Å². The van der Waals surface area contributed by atoms with Gasteiger partial charge in [-0.1, -0.05) is 0 Å². The number of rotatable bonds is 2. The molecule has 1 aliphatic rings. The molecule has 0 aliphatic carbocycles. The van der Waals surface area contributed by atoms with Crippen LogP contribution in [0.3, 0.4) is 0 Å². The molecule has 19 heavy (non-hydrogen) atoms. The van der Waals surface area contributed by atoms with Crippen LogP contribution in [0.5, 0.6) is 0 Å². The van der Waals surface area contributed by atoms with Gasteiger partial charge in [0.25, 0.3) is 0 Å². The van der Waals surface area contributed by atoms with Crippen LogP contribution in [0.15, 0.2) is 34.7 Å². The summed E-state index contributed by atoms with van der Waals surface area (Å²) in [5.41, 5.74) is 2.09. The van der Waals surface area contributed by atoms with Crippen molar-refractivity contribution in [2.75, 3.05) is 5.32 Å². The van der Waals surface area contributed by atoms with Crippen molar-refractivity contribution in [1.29, 1.82) is 0 Å². The minimum Gasteiger partial charge on any atom is -0.453 e. The van der Waals surface area contributed by atoms with Crippen molar-refractivity contribution in [1.82, 2.24) is 0 Å². The third-order valence-electron chi connectivity index (χ3n) is 3.54. The molecular formula is C15H13NO3. The quantitative estimate of drug-likeness (QED) is 0.839. The second-order valence-electron chi connectivity index (χ2n) is 5.16. The summed E-state index contributed by atoms with van der Waals surface area (Å²) in [6, 6.07) is 9.04. The van der Waals surface area contributed by atoms with Crippen molar-refractivity contribution in [3.8, 4) is 11.3 Å². The molecule has 1 amide bonds. The zero-order valence-corrected chi connectivity index (χ0v) is 10.7. The molecule has 1 aromatic heterocycles. The van der Waals surface area contributed by atoms with Crippen molar-refractivity contribution < 1.29 is 14.0 Å². The Kier molecular flexibility index (Phi) is 2.35. The van der Waals surface area contributed by atoms with Crippen molar-refractivity contribution in [3.63, 3.8) is 0 Å². The molecule has 0 fully saturated rings. The Morgan fingerprint density at radius 1 is 1.21 bits per heavy atom. The molecule has 0 atom stereocenters. The van der Waals surface area contributed by atoms with Crippen LogP contribution >= 0.6 is 0 Å². The van der Waals surface area contributed by atoms with E-state index in [2.05, 4.69) is 5.32 Å². The lowest BCUT2D eigenvalue weighted by Crippen LogP contribution is -2.26. The Bertz CT molecular complexity index is 682. The van der Waals surface area contributed by atoms with E-state index >= 15 is 0 Å². The molecule has 4 nitrogen and oxygen atoms in total. The van der Waals surface area contributed by atoms with Crippen LogP contribution < -0.4 is 5.32 Å². The number of carbonyl (C=O) groups is 2. The number of fused-ring (bicyclic) bond motifs is 1. The Balaban J connectivity index is 2.10. The van der Waals surface area contributed by atoms with Gasteiger partial charge in [0.1, 0.15) is 5.76 Å². The maximum Gasteiger partial charge on any atom is 0.234 e. The van der Waals surface area contributed by atoms with Gasteiger partial charge in [0, 0.05) is 11.3 Å². The largest absolute Gasteiger partial charge is 0.453 e. The van der Waals surface area contributed by atoms with Gasteiger partial charge in [0.05, 0.1) is 5.41 Å². The predicted octanol–water partition coefficient (Wildman–Crippen LogP) is 2.99. The third-order valence-corrected chi connectivity index (χ3v) is 3.54. The maximum atomic E-state index is 11.9. The first-order valence-corrected chi connectivity index (χ1v) is 6.04. The highest BCUT2D eigenvalue weighted by Gasteiger charge is 2.38. The number of amides is 1. The van der Waals surface area contributed by atoms with E-state index in [-0.39, 0.29) is 5.91 Å². The Labute approximate surface area is 110 Å². The van der Waals surface area contributed by atoms with Gasteiger partial charge in [-0.05, 0) is 49.7 Å². The highest BCUT2D eigenvalue weighted by molar-refractivity contribution is 6.06. The molecule has 96 valence electrons. The molecule has 1 aliphatic heterocycles. The molecule has 1 N–H and O–H groups in total. The molecule has 0 spiro atoms. The van der Waals surface area contributed by atoms with Gasteiger partial charge in [-0.15, -0.1) is 0 Å². The second-order valence-corrected chi connectivity index (χ2v) is 5.16. The molecule has 0 radical (unpaired) electrons. The van der Waals surface area contributed by atoms with E-state index in [1.54, 1.807) is 12.1 Å². The molecule has 2 heterocycles. The second kappa shape index (κ2) is 3.82. The molecular weight excluding hydrogens is 242 g/mol. The zero-order valence-electron chi connectivity index (χ0n) is 10.7. The molecule has 3 rings (SSSR count). The van der Waals surface area contributed by atoms with E-state index in [4.69, 9.17) is 4.42 Å². The number of hydrogen-bond acceptors (Lipinski definition) is 3. The average Bonchev–Trinajstić information content (AvgIpc) is 2.94. The number of benzene rings is 1. The van der Waals surface area contributed by atoms with Crippen LogP contribution in [0.25, 0.3) is 11.3 Å². The Morgan fingerprint density at radius 2 is 2.00 bits per heavy atom. The van der Waals surface area contributed by atoms with Crippen molar-refractivity contribution in [2.45, 2.75) is 19.3 Å². The summed E-state index contributed by atoms with van der Waals surface area (Å²) in [6.45, 7) is 3.77. The lowest BCUT2D eigenvalue weighted by molar-refractivity contribution is -0.119. The first kappa shape index (κ1) is 11.7. The van der Waals surface area contributed by atoms with Crippen LogP contribution in [-0.4, -0.2) is 12.2 Å². The summed E-state index contributed by atoms with van der Waals surface area (Å²) in [4.78, 5) is 22.5. The van der Waals surface area contributed by atoms with Crippen LogP contribution in [-0.2, 0) is 10.2 Å². The molecule has 4 heteroatoms. The lowest BCUT2D eigenvalue weighted by Gasteiger charge is -2.15. The maximum absolute atomic E-state index is 11.9. The number of carbonyl (C=O) groups excluding carboxylic acids is 2. The summed E-state index contributed by atoms with van der Waals surface area (Å²) >= 11 is 0. The van der Waals surface area contributed by atoms with Gasteiger partial charge in [0.15, 0.2) is 12.0 Å². The first-order valence-electron chi connectivity index (χ1n) is 6.04. The monoisotopic (exact) mass is 255 g/mol. The smallest absolute Gasteiger partial charge is 0.234 e. The van der Waals surface area contributed by atoms with Crippen LogP contribution in [0, 0.1) is 0 Å². The van der Waals surface area contributed by atoms with Gasteiger partial charge < -0.3 is 9.73 Å². The van der Waals surface area contributed by atoms with Crippen molar-refractivity contribution >= 4 is 17.9 Å². The fourth-order valence-corrected chi connectivity index (χ4v) is 2.30. The Hall–Kier alpha value is -2.36. The average molecular weight is 255 g/mol. The summed E-state index contributed by atoms with van der Waals surface area (Å²) in [5, 5.41) is 2.86. The Morgan fingerprint density at radius 3 is 2.68 bits per heavy atom. The highest BCUT2D eigenvalue weighted by atomic mass is 16.3. The summed E-state index contributed by atoms with van der Waals surface area (Å²) in [6.07, 6.45) is 0.673. The molecule has 1 aromatic carbocycles. The van der Waals surface area contributed by atoms with Crippen molar-refractivity contribution in [2.24, 2.45) is 0 Å². The first-order chi connectivity index (χ1) is 9.02. The van der Waals surface area contributed by atoms with Gasteiger partial charge >= 0.3 is 0 Å². The molecule has 2 aromatic rings. The molecule has 0 saturated carbocycles. The molecule has 0 unspecified atom stereocenters. The number of furan rings is 1. The fraction of sp³-hybridized carbons (Fsp3) is 0.200. The van der Waals surface area contributed by atoms with E-state index in [1.165, 1.54) is 0 Å². The highest BCUT2D eigenvalue weighted by Crippen LogP contribution is 2.39. The van der Waals surface area contributed by atoms with Crippen LogP contribution in [0.1, 0.15) is 30.0 Å². The van der Waals surface area contributed by atoms with E-state index < -0.39 is 5.41 Å². The number of nitrogens with one attached hydrogen (secondary N) is 1. The van der Waals surface area contributed by atoms with Gasteiger partial charge in [0.2, 0.25) is 5.91 Å². The van der Waals surface area contributed by atoms with Crippen molar-refractivity contribution in [3.05, 3.63) is 41.7 Å². The summed E-state index contributed by atoms with van der Waals surface area (Å²) in [7, 11) is 0. The lowest BCUT2D eigenvalue weighted by atomic mass is 9.85. The summed E-state index contributed by atoms with van der Waals surface area (Å²) in [5.74, 6) is 0.914. The SMILES string of the molecule is CC1(C)C(=O)Nc2ccc(-c3ccc(C=O)o3)cc21. The normalized spacial score (nSPS) is 16.0. The number of anilines is 1. The minimum absolute atomic E-state index is 0.00678. The van der Waals surface area contributed by atoms with E-state index in [0.717, 1.165) is 16.8 Å². The van der Waals surface area contributed by atoms with Crippen LogP contribution in [0.4, 0.5) is 5.69 Å². The van der Waals surface area contributed by atoms with E-state index in [1.807, 2.05) is 32.0 Å².